The van der Waals surface area contributed by atoms with Gasteiger partial charge in [0.1, 0.15) is 10.5 Å². The minimum Gasteiger partial charge on any atom is -0.351 e. The van der Waals surface area contributed by atoms with E-state index in [0.717, 1.165) is 18.4 Å². The summed E-state index contributed by atoms with van der Waals surface area (Å²) in [4.78, 5) is 29.4. The molecule has 27 heavy (non-hydrogen) atoms. The standard InChI is InChI=1S/C19H20FN3O2S2/c1-2-3-9-23-18(25)17-15(8-10-26-17)22-19(23)27-12-16(24)21-11-13-4-6-14(20)7-5-13/h4-8,10H,2-3,9,11-12H2,1H3,(H,21,24). The maximum absolute atomic E-state index is 12.9. The van der Waals surface area contributed by atoms with Gasteiger partial charge in [-0.3, -0.25) is 14.2 Å². The second-order valence-electron chi connectivity index (χ2n) is 6.03. The van der Waals surface area contributed by atoms with Crippen LogP contribution in [0.15, 0.2) is 45.7 Å². The smallest absolute Gasteiger partial charge is 0.272 e. The minimum atomic E-state index is -0.305. The second kappa shape index (κ2) is 9.14. The number of nitrogens with one attached hydrogen (secondary N) is 1. The predicted octanol–water partition coefficient (Wildman–Crippen LogP) is 3.81. The van der Waals surface area contributed by atoms with Crippen molar-refractivity contribution >= 4 is 39.2 Å². The number of thiophene rings is 1. The molecule has 0 spiro atoms. The van der Waals surface area contributed by atoms with Gasteiger partial charge in [0.2, 0.25) is 5.91 Å². The number of carbonyl (C=O) groups is 1. The van der Waals surface area contributed by atoms with Crippen LogP contribution < -0.4 is 10.9 Å². The Morgan fingerprint density at radius 1 is 1.30 bits per heavy atom. The normalized spacial score (nSPS) is 11.0. The van der Waals surface area contributed by atoms with Crippen molar-refractivity contribution in [1.82, 2.24) is 14.9 Å². The Morgan fingerprint density at radius 3 is 2.81 bits per heavy atom. The molecule has 3 rings (SSSR count). The first-order chi connectivity index (χ1) is 13.1. The van der Waals surface area contributed by atoms with Crippen molar-refractivity contribution in [3.63, 3.8) is 0 Å². The zero-order valence-corrected chi connectivity index (χ0v) is 16.5. The van der Waals surface area contributed by atoms with Gasteiger partial charge in [0.05, 0.1) is 11.3 Å². The van der Waals surface area contributed by atoms with Crippen LogP contribution in [0.3, 0.4) is 0 Å². The zero-order chi connectivity index (χ0) is 19.2. The maximum Gasteiger partial charge on any atom is 0.272 e. The monoisotopic (exact) mass is 405 g/mol. The van der Waals surface area contributed by atoms with Gasteiger partial charge in [-0.2, -0.15) is 0 Å². The van der Waals surface area contributed by atoms with Gasteiger partial charge in [-0.15, -0.1) is 11.3 Å². The zero-order valence-electron chi connectivity index (χ0n) is 14.9. The predicted molar refractivity (Wildman–Crippen MR) is 108 cm³/mol. The summed E-state index contributed by atoms with van der Waals surface area (Å²) in [5.74, 6) is -0.304. The average molecular weight is 406 g/mol. The first-order valence-electron chi connectivity index (χ1n) is 8.70. The molecule has 0 unspecified atom stereocenters. The first-order valence-corrected chi connectivity index (χ1v) is 10.6. The number of halogens is 1. The number of unbranched alkanes of at least 4 members (excludes halogenated alkanes) is 1. The number of nitrogens with zero attached hydrogens (tertiary/aromatic N) is 2. The summed E-state index contributed by atoms with van der Waals surface area (Å²) in [6.07, 6.45) is 1.85. The molecule has 1 amide bonds. The molecular weight excluding hydrogens is 385 g/mol. The third-order valence-corrected chi connectivity index (χ3v) is 5.87. The molecule has 8 heteroatoms. The number of benzene rings is 1. The van der Waals surface area contributed by atoms with E-state index in [2.05, 4.69) is 17.2 Å². The highest BCUT2D eigenvalue weighted by Crippen LogP contribution is 2.21. The molecule has 142 valence electrons. The number of aromatic nitrogens is 2. The van der Waals surface area contributed by atoms with Crippen molar-refractivity contribution in [1.29, 1.82) is 0 Å². The molecule has 1 N–H and O–H groups in total. The van der Waals surface area contributed by atoms with Crippen LogP contribution in [0.5, 0.6) is 0 Å². The summed E-state index contributed by atoms with van der Waals surface area (Å²) in [5, 5.41) is 5.22. The van der Waals surface area contributed by atoms with E-state index in [1.54, 1.807) is 16.7 Å². The Bertz CT molecular complexity index is 983. The minimum absolute atomic E-state index is 0.0438. The topological polar surface area (TPSA) is 64.0 Å². The fraction of sp³-hybridized carbons (Fsp3) is 0.316. The second-order valence-corrected chi connectivity index (χ2v) is 7.89. The van der Waals surface area contributed by atoms with Crippen LogP contribution in [-0.2, 0) is 17.9 Å². The molecule has 0 saturated carbocycles. The largest absolute Gasteiger partial charge is 0.351 e. The molecule has 0 atom stereocenters. The van der Waals surface area contributed by atoms with Crippen LogP contribution in [0, 0.1) is 5.82 Å². The Balaban J connectivity index is 1.67. The summed E-state index contributed by atoms with van der Waals surface area (Å²) in [5.41, 5.74) is 1.46. The molecule has 0 aliphatic heterocycles. The molecule has 2 aromatic heterocycles. The number of hydrogen-bond donors (Lipinski definition) is 1. The van der Waals surface area contributed by atoms with Gasteiger partial charge in [-0.25, -0.2) is 9.37 Å². The summed E-state index contributed by atoms with van der Waals surface area (Å²) in [6, 6.07) is 7.82. The van der Waals surface area contributed by atoms with Crippen LogP contribution in [0.25, 0.3) is 10.2 Å². The van der Waals surface area contributed by atoms with E-state index in [4.69, 9.17) is 0 Å². The van der Waals surface area contributed by atoms with Crippen molar-refractivity contribution in [3.05, 3.63) is 57.4 Å². The van der Waals surface area contributed by atoms with E-state index in [-0.39, 0.29) is 23.0 Å². The number of thioether (sulfide) groups is 1. The highest BCUT2D eigenvalue weighted by molar-refractivity contribution is 7.99. The van der Waals surface area contributed by atoms with E-state index in [9.17, 15) is 14.0 Å². The molecule has 0 saturated heterocycles. The maximum atomic E-state index is 12.9. The summed E-state index contributed by atoms with van der Waals surface area (Å²) >= 11 is 2.65. The lowest BCUT2D eigenvalue weighted by Crippen LogP contribution is -2.26. The third kappa shape index (κ3) is 4.95. The van der Waals surface area contributed by atoms with Gasteiger partial charge in [0, 0.05) is 13.1 Å². The molecule has 0 radical (unpaired) electrons. The van der Waals surface area contributed by atoms with E-state index in [0.29, 0.717) is 28.5 Å². The molecule has 5 nitrogen and oxygen atoms in total. The van der Waals surface area contributed by atoms with E-state index < -0.39 is 0 Å². The first kappa shape index (κ1) is 19.6. The molecule has 2 heterocycles. The van der Waals surface area contributed by atoms with Crippen LogP contribution in [0.1, 0.15) is 25.3 Å². The van der Waals surface area contributed by atoms with Gasteiger partial charge in [0.25, 0.3) is 5.56 Å². The van der Waals surface area contributed by atoms with E-state index in [1.165, 1.54) is 35.2 Å². The van der Waals surface area contributed by atoms with Gasteiger partial charge in [-0.1, -0.05) is 37.2 Å². The number of hydrogen-bond acceptors (Lipinski definition) is 5. The van der Waals surface area contributed by atoms with Gasteiger partial charge < -0.3 is 5.32 Å². The number of carbonyl (C=O) groups excluding carboxylic acids is 1. The van der Waals surface area contributed by atoms with Crippen molar-refractivity contribution in [2.75, 3.05) is 5.75 Å². The van der Waals surface area contributed by atoms with Crippen molar-refractivity contribution < 1.29 is 9.18 Å². The number of rotatable bonds is 8. The molecule has 3 aromatic rings. The summed E-state index contributed by atoms with van der Waals surface area (Å²) in [6.45, 7) is 2.99. The quantitative estimate of drug-likeness (QED) is 0.457. The van der Waals surface area contributed by atoms with E-state index in [1.807, 2.05) is 11.4 Å². The van der Waals surface area contributed by atoms with Crippen molar-refractivity contribution in [3.8, 4) is 0 Å². The van der Waals surface area contributed by atoms with Crippen molar-refractivity contribution in [2.24, 2.45) is 0 Å². The summed E-state index contributed by atoms with van der Waals surface area (Å²) in [7, 11) is 0. The van der Waals surface area contributed by atoms with Crippen LogP contribution in [0.2, 0.25) is 0 Å². The fourth-order valence-corrected chi connectivity index (χ4v) is 4.16. The fourth-order valence-electron chi connectivity index (χ4n) is 2.53. The Hall–Kier alpha value is -2.19. The van der Waals surface area contributed by atoms with Gasteiger partial charge in [0.15, 0.2) is 5.16 Å². The number of fused-ring (bicyclic) bond motifs is 1. The molecule has 0 aliphatic rings. The van der Waals surface area contributed by atoms with E-state index >= 15 is 0 Å². The van der Waals surface area contributed by atoms with Crippen LogP contribution in [-0.4, -0.2) is 21.2 Å². The van der Waals surface area contributed by atoms with Crippen LogP contribution in [0.4, 0.5) is 4.39 Å². The molecule has 0 fully saturated rings. The Morgan fingerprint density at radius 2 is 2.07 bits per heavy atom. The van der Waals surface area contributed by atoms with Crippen molar-refractivity contribution in [2.45, 2.75) is 38.0 Å². The lowest BCUT2D eigenvalue weighted by atomic mass is 10.2. The SMILES string of the molecule is CCCCn1c(SCC(=O)NCc2ccc(F)cc2)nc2ccsc2c1=O. The Labute approximate surface area is 164 Å². The Kier molecular flexibility index (Phi) is 6.63. The molecule has 1 aromatic carbocycles. The molecule has 0 aliphatic carbocycles. The average Bonchev–Trinajstić information content (AvgIpc) is 3.14. The van der Waals surface area contributed by atoms with Gasteiger partial charge in [-0.05, 0) is 35.6 Å². The number of amides is 1. The highest BCUT2D eigenvalue weighted by atomic mass is 32.2. The molecular formula is C19H20FN3O2S2. The molecule has 0 bridgehead atoms. The van der Waals surface area contributed by atoms with Gasteiger partial charge >= 0.3 is 0 Å². The third-order valence-electron chi connectivity index (χ3n) is 4.00. The lowest BCUT2D eigenvalue weighted by molar-refractivity contribution is -0.118. The van der Waals surface area contributed by atoms with Crippen LogP contribution >= 0.6 is 23.1 Å². The highest BCUT2D eigenvalue weighted by Gasteiger charge is 2.14. The lowest BCUT2D eigenvalue weighted by Gasteiger charge is -2.11. The summed E-state index contributed by atoms with van der Waals surface area (Å²) < 4.78 is 15.2.